The average Bonchev–Trinajstić information content (AvgIpc) is 2.57. The summed E-state index contributed by atoms with van der Waals surface area (Å²) in [5, 5.41) is 13.1. The molecule has 2 heterocycles. The lowest BCUT2D eigenvalue weighted by atomic mass is 9.99. The number of carbonyl (C=O) groups excluding carboxylic acids is 1. The molecule has 5 nitrogen and oxygen atoms in total. The molecule has 2 saturated heterocycles. The highest BCUT2D eigenvalue weighted by atomic mass is 19.4. The van der Waals surface area contributed by atoms with Crippen LogP contribution in [0.25, 0.3) is 0 Å². The van der Waals surface area contributed by atoms with E-state index in [4.69, 9.17) is 9.90 Å². The van der Waals surface area contributed by atoms with Gasteiger partial charge in [0, 0.05) is 31.1 Å². The van der Waals surface area contributed by atoms with Crippen LogP contribution in [0, 0.1) is 5.92 Å². The molecule has 102 valence electrons. The van der Waals surface area contributed by atoms with Gasteiger partial charge >= 0.3 is 12.1 Å². The minimum Gasteiger partial charge on any atom is -0.475 e. The molecule has 0 saturated carbocycles. The van der Waals surface area contributed by atoms with Crippen molar-refractivity contribution >= 4 is 11.9 Å². The van der Waals surface area contributed by atoms with Crippen LogP contribution in [0.15, 0.2) is 11.6 Å². The molecular formula is C10H13F3N2O3. The molecule has 3 N–H and O–H groups in total. The third-order valence-corrected chi connectivity index (χ3v) is 2.46. The van der Waals surface area contributed by atoms with E-state index in [1.54, 1.807) is 0 Å². The lowest BCUT2D eigenvalue weighted by Gasteiger charge is -2.24. The second-order valence-corrected chi connectivity index (χ2v) is 3.92. The molecular weight excluding hydrogens is 253 g/mol. The van der Waals surface area contributed by atoms with Gasteiger partial charge in [0.2, 0.25) is 5.91 Å². The van der Waals surface area contributed by atoms with Gasteiger partial charge in [0.05, 0.1) is 0 Å². The molecule has 8 heteroatoms. The van der Waals surface area contributed by atoms with Crippen LogP contribution in [0.5, 0.6) is 0 Å². The van der Waals surface area contributed by atoms with Crippen molar-refractivity contribution in [2.45, 2.75) is 12.6 Å². The Hall–Kier alpha value is -1.57. The van der Waals surface area contributed by atoms with Crippen LogP contribution in [-0.4, -0.2) is 42.8 Å². The molecule has 0 radical (unpaired) electrons. The number of carboxylic acid groups (broad SMARTS) is 1. The molecule has 0 unspecified atom stereocenters. The smallest absolute Gasteiger partial charge is 0.475 e. The van der Waals surface area contributed by atoms with Crippen LogP contribution in [0.2, 0.25) is 0 Å². The number of carbonyl (C=O) groups is 2. The van der Waals surface area contributed by atoms with Crippen molar-refractivity contribution in [2.75, 3.05) is 19.6 Å². The Morgan fingerprint density at radius 3 is 2.22 bits per heavy atom. The Morgan fingerprint density at radius 2 is 1.94 bits per heavy atom. The summed E-state index contributed by atoms with van der Waals surface area (Å²) in [4.78, 5) is 19.9. The number of aliphatic carboxylic acids is 1. The normalized spacial score (nSPS) is 21.9. The van der Waals surface area contributed by atoms with Crippen molar-refractivity contribution in [1.82, 2.24) is 10.6 Å². The summed E-state index contributed by atoms with van der Waals surface area (Å²) in [6.45, 7) is 2.90. The van der Waals surface area contributed by atoms with Crippen LogP contribution in [0.3, 0.4) is 0 Å². The number of alkyl halides is 3. The molecule has 0 aromatic carbocycles. The van der Waals surface area contributed by atoms with Crippen molar-refractivity contribution < 1.29 is 27.9 Å². The fraction of sp³-hybridized carbons (Fsp3) is 0.600. The van der Waals surface area contributed by atoms with E-state index in [1.807, 2.05) is 0 Å². The Labute approximate surface area is 101 Å². The predicted octanol–water partition coefficient (Wildman–Crippen LogP) is 0.285. The molecule has 2 aliphatic heterocycles. The molecule has 2 aliphatic rings. The third kappa shape index (κ3) is 4.36. The second-order valence-electron chi connectivity index (χ2n) is 3.92. The summed E-state index contributed by atoms with van der Waals surface area (Å²) >= 11 is 0. The summed E-state index contributed by atoms with van der Waals surface area (Å²) in [6.07, 6.45) is -2.06. The lowest BCUT2D eigenvalue weighted by molar-refractivity contribution is -0.192. The van der Waals surface area contributed by atoms with Crippen molar-refractivity contribution in [2.24, 2.45) is 5.92 Å². The van der Waals surface area contributed by atoms with E-state index in [-0.39, 0.29) is 5.91 Å². The zero-order valence-corrected chi connectivity index (χ0v) is 9.38. The minimum absolute atomic E-state index is 0.136. The maximum absolute atomic E-state index is 11.0. The lowest BCUT2D eigenvalue weighted by Crippen LogP contribution is -2.41. The number of hydrogen-bond acceptors (Lipinski definition) is 3. The van der Waals surface area contributed by atoms with Crippen molar-refractivity contribution in [3.05, 3.63) is 11.6 Å². The number of carboxylic acids is 1. The van der Waals surface area contributed by atoms with Crippen LogP contribution in [0.4, 0.5) is 13.2 Å². The Kier molecular flexibility index (Phi) is 4.71. The highest BCUT2D eigenvalue weighted by Crippen LogP contribution is 2.14. The van der Waals surface area contributed by atoms with E-state index in [9.17, 15) is 18.0 Å². The molecule has 0 aliphatic carbocycles. The van der Waals surface area contributed by atoms with E-state index >= 15 is 0 Å². The summed E-state index contributed by atoms with van der Waals surface area (Å²) in [5.41, 5.74) is 0.983. The maximum Gasteiger partial charge on any atom is 0.490 e. The van der Waals surface area contributed by atoms with Gasteiger partial charge in [0.25, 0.3) is 0 Å². The average molecular weight is 266 g/mol. The summed E-state index contributed by atoms with van der Waals surface area (Å²) < 4.78 is 31.7. The SMILES string of the molecule is O=C(O)C(F)(F)F.O=C1NCC/C1=C\C1CNC1. The molecule has 0 spiro atoms. The minimum atomic E-state index is -5.08. The molecule has 0 aromatic heterocycles. The van der Waals surface area contributed by atoms with E-state index in [1.165, 1.54) is 0 Å². The van der Waals surface area contributed by atoms with E-state index < -0.39 is 12.1 Å². The quantitative estimate of drug-likeness (QED) is 0.596. The van der Waals surface area contributed by atoms with E-state index in [2.05, 4.69) is 16.7 Å². The first-order chi connectivity index (χ1) is 8.30. The zero-order chi connectivity index (χ0) is 13.8. The Morgan fingerprint density at radius 1 is 1.39 bits per heavy atom. The van der Waals surface area contributed by atoms with Gasteiger partial charge in [-0.15, -0.1) is 0 Å². The first-order valence-corrected chi connectivity index (χ1v) is 5.30. The van der Waals surface area contributed by atoms with Crippen LogP contribution in [0.1, 0.15) is 6.42 Å². The van der Waals surface area contributed by atoms with Gasteiger partial charge in [-0.25, -0.2) is 4.79 Å². The third-order valence-electron chi connectivity index (χ3n) is 2.46. The molecule has 0 aromatic rings. The van der Waals surface area contributed by atoms with Gasteiger partial charge in [-0.1, -0.05) is 6.08 Å². The summed E-state index contributed by atoms with van der Waals surface area (Å²) in [5.74, 6) is -2.02. The van der Waals surface area contributed by atoms with Gasteiger partial charge in [0.1, 0.15) is 0 Å². The summed E-state index contributed by atoms with van der Waals surface area (Å²) in [7, 11) is 0. The fourth-order valence-electron chi connectivity index (χ4n) is 1.41. The Balaban J connectivity index is 0.000000203. The van der Waals surface area contributed by atoms with E-state index in [0.717, 1.165) is 31.6 Å². The topological polar surface area (TPSA) is 78.4 Å². The maximum atomic E-state index is 11.0. The second kappa shape index (κ2) is 5.85. The predicted molar refractivity (Wildman–Crippen MR) is 55.8 cm³/mol. The standard InChI is InChI=1S/C8H12N2O.C2HF3O2/c11-8-7(1-2-10-8)3-6-4-9-5-6;3-2(4,5)1(6)7/h3,6,9H,1-2,4-5H2,(H,10,11);(H,6,7)/b7-3+;. The van der Waals surface area contributed by atoms with Crippen molar-refractivity contribution in [3.63, 3.8) is 0 Å². The monoisotopic (exact) mass is 266 g/mol. The van der Waals surface area contributed by atoms with Gasteiger partial charge in [-0.3, -0.25) is 4.79 Å². The molecule has 1 amide bonds. The van der Waals surface area contributed by atoms with Crippen molar-refractivity contribution in [3.8, 4) is 0 Å². The van der Waals surface area contributed by atoms with Crippen LogP contribution < -0.4 is 10.6 Å². The molecule has 0 bridgehead atoms. The molecule has 2 fully saturated rings. The van der Waals surface area contributed by atoms with Crippen molar-refractivity contribution in [1.29, 1.82) is 0 Å². The van der Waals surface area contributed by atoms with Gasteiger partial charge in [-0.2, -0.15) is 13.2 Å². The molecule has 18 heavy (non-hydrogen) atoms. The van der Waals surface area contributed by atoms with Gasteiger partial charge < -0.3 is 15.7 Å². The van der Waals surface area contributed by atoms with Gasteiger partial charge in [-0.05, 0) is 6.42 Å². The number of rotatable bonds is 1. The summed E-state index contributed by atoms with van der Waals surface area (Å²) in [6, 6.07) is 0. The fourth-order valence-corrected chi connectivity index (χ4v) is 1.41. The van der Waals surface area contributed by atoms with Gasteiger partial charge in [0.15, 0.2) is 0 Å². The number of halogens is 3. The number of nitrogens with one attached hydrogen (secondary N) is 2. The van der Waals surface area contributed by atoms with E-state index in [0.29, 0.717) is 5.92 Å². The number of hydrogen-bond donors (Lipinski definition) is 3. The number of amides is 1. The zero-order valence-electron chi connectivity index (χ0n) is 9.38. The first-order valence-electron chi connectivity index (χ1n) is 5.30. The first kappa shape index (κ1) is 14.5. The van der Waals surface area contributed by atoms with Crippen LogP contribution >= 0.6 is 0 Å². The highest BCUT2D eigenvalue weighted by Gasteiger charge is 2.38. The molecule has 0 atom stereocenters. The largest absolute Gasteiger partial charge is 0.490 e. The highest BCUT2D eigenvalue weighted by molar-refractivity contribution is 5.95. The molecule has 2 rings (SSSR count). The Bertz CT molecular complexity index is 362. The van der Waals surface area contributed by atoms with Crippen LogP contribution in [-0.2, 0) is 9.59 Å².